The number of nitro groups is 1. The molecule has 172 valence electrons. The third-order valence-electron chi connectivity index (χ3n) is 4.81. The first-order valence-corrected chi connectivity index (χ1v) is 10.6. The number of benzene rings is 3. The van der Waals surface area contributed by atoms with Crippen molar-refractivity contribution in [1.82, 2.24) is 0 Å². The molecule has 1 aliphatic heterocycles. The van der Waals surface area contributed by atoms with E-state index < -0.39 is 10.9 Å². The molecule has 0 spiro atoms. The van der Waals surface area contributed by atoms with Crippen molar-refractivity contribution >= 4 is 46.8 Å². The van der Waals surface area contributed by atoms with E-state index >= 15 is 0 Å². The average molecular weight is 499 g/mol. The molecular weight excluding hydrogens is 483 g/mol. The lowest BCUT2D eigenvalue weighted by molar-refractivity contribution is -0.384. The van der Waals surface area contributed by atoms with Crippen LogP contribution in [0.25, 0.3) is 6.08 Å². The smallest absolute Gasteiger partial charge is 0.363 e. The van der Waals surface area contributed by atoms with E-state index in [1.807, 2.05) is 0 Å². The fourth-order valence-corrected chi connectivity index (χ4v) is 3.60. The SMILES string of the molecule is COc1cc(/C=C2\N=C(c3ccc(Cl)cc3Cl)OC2=O)ccc1OCc1ccc([N+](=O)[O-])cc1. The molecule has 3 aromatic rings. The molecule has 8 nitrogen and oxygen atoms in total. The van der Waals surface area contributed by atoms with Gasteiger partial charge in [0.05, 0.1) is 22.6 Å². The summed E-state index contributed by atoms with van der Waals surface area (Å²) in [6, 6.07) is 16.0. The van der Waals surface area contributed by atoms with Crippen LogP contribution in [0.15, 0.2) is 71.4 Å². The summed E-state index contributed by atoms with van der Waals surface area (Å²) in [6.07, 6.45) is 1.56. The number of halogens is 2. The fourth-order valence-electron chi connectivity index (χ4n) is 3.11. The number of hydrogen-bond donors (Lipinski definition) is 0. The van der Waals surface area contributed by atoms with Gasteiger partial charge in [-0.15, -0.1) is 0 Å². The Hall–Kier alpha value is -3.88. The van der Waals surface area contributed by atoms with E-state index in [9.17, 15) is 14.9 Å². The van der Waals surface area contributed by atoms with Crippen LogP contribution in [0.5, 0.6) is 11.5 Å². The molecule has 3 aromatic carbocycles. The summed E-state index contributed by atoms with van der Waals surface area (Å²) in [5, 5.41) is 11.5. The third-order valence-corrected chi connectivity index (χ3v) is 5.36. The van der Waals surface area contributed by atoms with Crippen molar-refractivity contribution in [2.24, 2.45) is 4.99 Å². The van der Waals surface area contributed by atoms with Gasteiger partial charge in [0.15, 0.2) is 17.2 Å². The molecule has 0 bridgehead atoms. The molecule has 0 aromatic heterocycles. The Bertz CT molecular complexity index is 1340. The minimum absolute atomic E-state index is 0.00769. The van der Waals surface area contributed by atoms with E-state index in [1.54, 1.807) is 48.5 Å². The summed E-state index contributed by atoms with van der Waals surface area (Å²) >= 11 is 12.1. The van der Waals surface area contributed by atoms with Crippen molar-refractivity contribution in [2.75, 3.05) is 7.11 Å². The molecular formula is C24H16Cl2N2O6. The first-order chi connectivity index (χ1) is 16.3. The number of ether oxygens (including phenoxy) is 3. The summed E-state index contributed by atoms with van der Waals surface area (Å²) in [5.41, 5.74) is 1.96. The second-order valence-corrected chi connectivity index (χ2v) is 7.93. The van der Waals surface area contributed by atoms with Gasteiger partial charge in [-0.25, -0.2) is 9.79 Å². The number of aliphatic imine (C=N–C) groups is 1. The quantitative estimate of drug-likeness (QED) is 0.175. The second-order valence-electron chi connectivity index (χ2n) is 7.08. The molecule has 10 heteroatoms. The number of carbonyl (C=O) groups excluding carboxylic acids is 1. The van der Waals surface area contributed by atoms with Crippen molar-refractivity contribution in [3.05, 3.63) is 103 Å². The van der Waals surface area contributed by atoms with Crippen molar-refractivity contribution in [3.63, 3.8) is 0 Å². The Kier molecular flexibility index (Phi) is 6.81. The lowest BCUT2D eigenvalue weighted by Crippen LogP contribution is -2.05. The van der Waals surface area contributed by atoms with Crippen molar-refractivity contribution < 1.29 is 23.9 Å². The molecule has 0 saturated carbocycles. The molecule has 0 radical (unpaired) electrons. The minimum Gasteiger partial charge on any atom is -0.493 e. The van der Waals surface area contributed by atoms with Crippen LogP contribution in [0.2, 0.25) is 10.0 Å². The van der Waals surface area contributed by atoms with Gasteiger partial charge in [0.2, 0.25) is 5.90 Å². The standard InChI is InChI=1S/C24H16Cl2N2O6/c1-32-22-11-15(4-9-21(22)33-13-14-2-6-17(7-3-14)28(30)31)10-20-24(29)34-23(27-20)18-8-5-16(25)12-19(18)26/h2-12H,13H2,1H3/b20-10-. The van der Waals surface area contributed by atoms with E-state index in [0.29, 0.717) is 32.7 Å². The fraction of sp³-hybridized carbons (Fsp3) is 0.0833. The topological polar surface area (TPSA) is 100 Å². The van der Waals surface area contributed by atoms with Crippen molar-refractivity contribution in [1.29, 1.82) is 0 Å². The van der Waals surface area contributed by atoms with Gasteiger partial charge in [0, 0.05) is 17.2 Å². The number of rotatable bonds is 7. The molecule has 34 heavy (non-hydrogen) atoms. The number of cyclic esters (lactones) is 1. The molecule has 0 aliphatic carbocycles. The van der Waals surface area contributed by atoms with Crippen LogP contribution in [0.1, 0.15) is 16.7 Å². The van der Waals surface area contributed by atoms with Gasteiger partial charge < -0.3 is 14.2 Å². The maximum atomic E-state index is 12.3. The molecule has 0 atom stereocenters. The minimum atomic E-state index is -0.613. The number of nitrogens with zero attached hydrogens (tertiary/aromatic N) is 2. The Morgan fingerprint density at radius 2 is 1.82 bits per heavy atom. The summed E-state index contributed by atoms with van der Waals surface area (Å²) in [6.45, 7) is 0.191. The van der Waals surface area contributed by atoms with Crippen LogP contribution >= 0.6 is 23.2 Å². The zero-order valence-electron chi connectivity index (χ0n) is 17.7. The molecule has 1 heterocycles. The van der Waals surface area contributed by atoms with Crippen LogP contribution in [-0.2, 0) is 16.1 Å². The second kappa shape index (κ2) is 9.94. The highest BCUT2D eigenvalue weighted by molar-refractivity contribution is 6.37. The lowest BCUT2D eigenvalue weighted by Gasteiger charge is -2.11. The van der Waals surface area contributed by atoms with Gasteiger partial charge in [-0.2, -0.15) is 0 Å². The van der Waals surface area contributed by atoms with E-state index in [2.05, 4.69) is 4.99 Å². The normalized spacial score (nSPS) is 14.0. The monoisotopic (exact) mass is 498 g/mol. The van der Waals surface area contributed by atoms with Gasteiger partial charge in [-0.3, -0.25) is 10.1 Å². The summed E-state index contributed by atoms with van der Waals surface area (Å²) in [5.74, 6) is 0.383. The Labute approximate surface area is 204 Å². The van der Waals surface area contributed by atoms with Gasteiger partial charge >= 0.3 is 5.97 Å². The lowest BCUT2D eigenvalue weighted by atomic mass is 10.1. The highest BCUT2D eigenvalue weighted by Crippen LogP contribution is 2.31. The summed E-state index contributed by atoms with van der Waals surface area (Å²) in [4.78, 5) is 26.9. The van der Waals surface area contributed by atoms with Gasteiger partial charge in [0.25, 0.3) is 5.69 Å². The van der Waals surface area contributed by atoms with Gasteiger partial charge in [0.1, 0.15) is 6.61 Å². The predicted octanol–water partition coefficient (Wildman–Crippen LogP) is 5.83. The van der Waals surface area contributed by atoms with Crippen LogP contribution in [-0.4, -0.2) is 23.9 Å². The molecule has 0 amide bonds. The molecule has 0 fully saturated rings. The molecule has 1 aliphatic rings. The maximum absolute atomic E-state index is 12.3. The number of non-ortho nitro benzene ring substituents is 1. The predicted molar refractivity (Wildman–Crippen MR) is 127 cm³/mol. The molecule has 4 rings (SSSR count). The molecule has 0 N–H and O–H groups in total. The maximum Gasteiger partial charge on any atom is 0.363 e. The highest BCUT2D eigenvalue weighted by Gasteiger charge is 2.25. The number of carbonyl (C=O) groups is 1. The average Bonchev–Trinajstić information content (AvgIpc) is 3.17. The Morgan fingerprint density at radius 3 is 2.50 bits per heavy atom. The van der Waals surface area contributed by atoms with Gasteiger partial charge in [-0.05, 0) is 59.7 Å². The summed E-state index contributed by atoms with van der Waals surface area (Å²) in [7, 11) is 1.49. The Balaban J connectivity index is 1.52. The van der Waals surface area contributed by atoms with Crippen molar-refractivity contribution in [3.8, 4) is 11.5 Å². The zero-order valence-corrected chi connectivity index (χ0v) is 19.2. The first-order valence-electron chi connectivity index (χ1n) is 9.86. The van der Waals surface area contributed by atoms with E-state index in [0.717, 1.165) is 5.56 Å². The van der Waals surface area contributed by atoms with Crippen LogP contribution in [0.3, 0.4) is 0 Å². The van der Waals surface area contributed by atoms with Gasteiger partial charge in [-0.1, -0.05) is 29.3 Å². The zero-order chi connectivity index (χ0) is 24.2. The number of nitro benzene ring substituents is 1. The van der Waals surface area contributed by atoms with Crippen LogP contribution in [0.4, 0.5) is 5.69 Å². The van der Waals surface area contributed by atoms with Crippen molar-refractivity contribution in [2.45, 2.75) is 6.61 Å². The number of esters is 1. The van der Waals surface area contributed by atoms with Crippen LogP contribution in [0, 0.1) is 10.1 Å². The molecule has 0 saturated heterocycles. The van der Waals surface area contributed by atoms with E-state index in [-0.39, 0.29) is 23.9 Å². The first kappa shape index (κ1) is 23.3. The largest absolute Gasteiger partial charge is 0.493 e. The third kappa shape index (κ3) is 5.19. The number of hydrogen-bond acceptors (Lipinski definition) is 7. The number of methoxy groups -OCH3 is 1. The van der Waals surface area contributed by atoms with Crippen LogP contribution < -0.4 is 9.47 Å². The highest BCUT2D eigenvalue weighted by atomic mass is 35.5. The summed E-state index contributed by atoms with van der Waals surface area (Å²) < 4.78 is 16.5. The molecule has 0 unspecified atom stereocenters. The Morgan fingerprint density at radius 1 is 1.06 bits per heavy atom. The van der Waals surface area contributed by atoms with E-state index in [4.69, 9.17) is 37.4 Å². The van der Waals surface area contributed by atoms with E-state index in [1.165, 1.54) is 25.3 Å².